The number of aryl methyl sites for hydroxylation is 1. The van der Waals surface area contributed by atoms with Crippen LogP contribution in [0.4, 0.5) is 5.82 Å². The molecule has 0 fully saturated rings. The van der Waals surface area contributed by atoms with E-state index >= 15 is 0 Å². The zero-order chi connectivity index (χ0) is 14.1. The molecule has 1 N–H and O–H groups in total. The lowest BCUT2D eigenvalue weighted by Crippen LogP contribution is -2.18. The molecule has 1 aromatic heterocycles. The molecule has 3 rings (SSSR count). The highest BCUT2D eigenvalue weighted by atomic mass is 35.5. The highest BCUT2D eigenvalue weighted by Gasteiger charge is 2.21. The number of benzene rings is 1. The Morgan fingerprint density at radius 2 is 1.90 bits per heavy atom. The van der Waals surface area contributed by atoms with Crippen LogP contribution in [0.15, 0.2) is 30.3 Å². The summed E-state index contributed by atoms with van der Waals surface area (Å²) in [6, 6.07) is 10.3. The lowest BCUT2D eigenvalue weighted by Gasteiger charge is -2.27. The van der Waals surface area contributed by atoms with Crippen molar-refractivity contribution >= 4 is 40.6 Å². The fourth-order valence-corrected chi connectivity index (χ4v) is 3.17. The van der Waals surface area contributed by atoms with E-state index in [0.29, 0.717) is 15.9 Å². The van der Waals surface area contributed by atoms with E-state index in [-0.39, 0.29) is 11.2 Å². The third-order valence-electron chi connectivity index (χ3n) is 3.57. The molecule has 104 valence electrons. The van der Waals surface area contributed by atoms with E-state index in [0.717, 1.165) is 19.3 Å². The van der Waals surface area contributed by atoms with Gasteiger partial charge in [0, 0.05) is 0 Å². The molecule has 1 aromatic carbocycles. The summed E-state index contributed by atoms with van der Waals surface area (Å²) >= 11 is 18.0. The molecular weight excluding hydrogens is 315 g/mol. The van der Waals surface area contributed by atoms with Crippen LogP contribution >= 0.6 is 34.8 Å². The molecule has 0 radical (unpaired) electrons. The van der Waals surface area contributed by atoms with Gasteiger partial charge in [-0.2, -0.15) is 0 Å². The largest absolute Gasteiger partial charge is 0.362 e. The molecule has 5 heteroatoms. The highest BCUT2D eigenvalue weighted by Crippen LogP contribution is 2.35. The quantitative estimate of drug-likeness (QED) is 0.733. The van der Waals surface area contributed by atoms with Gasteiger partial charge in [0.2, 0.25) is 0 Å². The minimum atomic E-state index is 0.210. The number of halogens is 3. The predicted molar refractivity (Wildman–Crippen MR) is 85.0 cm³/mol. The first-order valence-electron chi connectivity index (χ1n) is 6.51. The van der Waals surface area contributed by atoms with Gasteiger partial charge in [0.05, 0.1) is 16.1 Å². The van der Waals surface area contributed by atoms with Gasteiger partial charge >= 0.3 is 0 Å². The first-order valence-corrected chi connectivity index (χ1v) is 7.64. The number of hydrogen-bond acceptors (Lipinski definition) is 2. The topological polar surface area (TPSA) is 24.9 Å². The Bertz CT molecular complexity index is 643. The van der Waals surface area contributed by atoms with Gasteiger partial charge in [-0.3, -0.25) is 0 Å². The predicted octanol–water partition coefficient (Wildman–Crippen LogP) is 5.53. The monoisotopic (exact) mass is 326 g/mol. The first-order chi connectivity index (χ1) is 9.65. The Morgan fingerprint density at radius 1 is 1.10 bits per heavy atom. The molecule has 0 amide bonds. The van der Waals surface area contributed by atoms with Gasteiger partial charge in [-0.15, -0.1) is 0 Å². The number of rotatable bonds is 2. The maximum atomic E-state index is 6.18. The summed E-state index contributed by atoms with van der Waals surface area (Å²) in [6.45, 7) is 0. The van der Waals surface area contributed by atoms with Crippen molar-refractivity contribution in [3.05, 3.63) is 56.7 Å². The van der Waals surface area contributed by atoms with Gasteiger partial charge in [0.15, 0.2) is 0 Å². The first kappa shape index (κ1) is 14.0. The van der Waals surface area contributed by atoms with E-state index < -0.39 is 0 Å². The molecule has 0 saturated heterocycles. The Labute approximate surface area is 133 Å². The van der Waals surface area contributed by atoms with Gasteiger partial charge in [0.1, 0.15) is 11.0 Å². The number of anilines is 1. The van der Waals surface area contributed by atoms with Crippen molar-refractivity contribution in [2.45, 2.75) is 25.3 Å². The number of hydrogen-bond donors (Lipinski definition) is 1. The van der Waals surface area contributed by atoms with Crippen molar-refractivity contribution in [2.24, 2.45) is 0 Å². The Hall–Kier alpha value is -0.960. The maximum Gasteiger partial charge on any atom is 0.150 e. The molecule has 1 unspecified atom stereocenters. The van der Waals surface area contributed by atoms with Gasteiger partial charge in [-0.25, -0.2) is 4.98 Å². The fraction of sp³-hybridized carbons (Fsp3) is 0.267. The van der Waals surface area contributed by atoms with Gasteiger partial charge in [-0.1, -0.05) is 59.1 Å². The number of pyridine rings is 1. The average molecular weight is 328 g/mol. The van der Waals surface area contributed by atoms with Crippen LogP contribution in [-0.2, 0) is 6.42 Å². The molecule has 0 saturated carbocycles. The summed E-state index contributed by atoms with van der Waals surface area (Å²) in [5.74, 6) is 0.586. The van der Waals surface area contributed by atoms with Crippen molar-refractivity contribution in [2.75, 3.05) is 5.32 Å². The molecule has 0 spiro atoms. The van der Waals surface area contributed by atoms with Crippen molar-refractivity contribution < 1.29 is 0 Å². The lowest BCUT2D eigenvalue weighted by molar-refractivity contribution is 0.598. The van der Waals surface area contributed by atoms with Crippen LogP contribution < -0.4 is 5.32 Å². The highest BCUT2D eigenvalue weighted by molar-refractivity contribution is 6.42. The van der Waals surface area contributed by atoms with Crippen LogP contribution in [0.5, 0.6) is 0 Å². The van der Waals surface area contributed by atoms with E-state index in [1.54, 1.807) is 6.07 Å². The number of fused-ring (bicyclic) bond motifs is 1. The SMILES string of the molecule is Clc1cc(Cl)c(NC2CCCc3ccccc32)nc1Cl. The van der Waals surface area contributed by atoms with Crippen molar-refractivity contribution in [1.29, 1.82) is 0 Å². The molecule has 1 atom stereocenters. The number of aromatic nitrogens is 1. The lowest BCUT2D eigenvalue weighted by atomic mass is 9.88. The summed E-state index contributed by atoms with van der Waals surface area (Å²) in [5, 5.41) is 4.51. The minimum Gasteiger partial charge on any atom is -0.362 e. The molecular formula is C15H13Cl3N2. The normalized spacial score (nSPS) is 17.6. The molecule has 2 aromatic rings. The molecule has 20 heavy (non-hydrogen) atoms. The van der Waals surface area contributed by atoms with E-state index in [1.807, 2.05) is 0 Å². The molecule has 2 nitrogen and oxygen atoms in total. The molecule has 1 aliphatic rings. The standard InChI is InChI=1S/C15H13Cl3N2/c16-11-8-12(17)15(20-14(11)18)19-13-7-3-5-9-4-1-2-6-10(9)13/h1-2,4,6,8,13H,3,5,7H2,(H,19,20). The number of nitrogens with zero attached hydrogens (tertiary/aromatic N) is 1. The number of nitrogens with one attached hydrogen (secondary N) is 1. The Morgan fingerprint density at radius 3 is 2.75 bits per heavy atom. The van der Waals surface area contributed by atoms with Gasteiger partial charge < -0.3 is 5.32 Å². The second kappa shape index (κ2) is 5.80. The molecule has 0 bridgehead atoms. The molecule has 1 heterocycles. The van der Waals surface area contributed by atoms with Crippen molar-refractivity contribution in [3.63, 3.8) is 0 Å². The maximum absolute atomic E-state index is 6.18. The Balaban J connectivity index is 1.91. The smallest absolute Gasteiger partial charge is 0.150 e. The van der Waals surface area contributed by atoms with Crippen molar-refractivity contribution in [3.8, 4) is 0 Å². The van der Waals surface area contributed by atoms with Crippen LogP contribution in [0, 0.1) is 0 Å². The zero-order valence-electron chi connectivity index (χ0n) is 10.7. The fourth-order valence-electron chi connectivity index (χ4n) is 2.61. The van der Waals surface area contributed by atoms with E-state index in [4.69, 9.17) is 34.8 Å². The summed E-state index contributed by atoms with van der Waals surface area (Å²) in [6.07, 6.45) is 3.32. The summed E-state index contributed by atoms with van der Waals surface area (Å²) in [7, 11) is 0. The summed E-state index contributed by atoms with van der Waals surface area (Å²) in [5.41, 5.74) is 2.69. The molecule has 0 aliphatic heterocycles. The van der Waals surface area contributed by atoms with Crippen LogP contribution in [0.1, 0.15) is 30.0 Å². The Kier molecular flexibility index (Phi) is 4.06. The van der Waals surface area contributed by atoms with Crippen LogP contribution in [0.2, 0.25) is 15.2 Å². The third-order valence-corrected chi connectivity index (χ3v) is 4.53. The molecule has 1 aliphatic carbocycles. The minimum absolute atomic E-state index is 0.210. The zero-order valence-corrected chi connectivity index (χ0v) is 12.9. The van der Waals surface area contributed by atoms with Crippen LogP contribution in [0.3, 0.4) is 0 Å². The van der Waals surface area contributed by atoms with Gasteiger partial charge in [-0.05, 0) is 36.5 Å². The van der Waals surface area contributed by atoms with Crippen LogP contribution in [0.25, 0.3) is 0 Å². The second-order valence-electron chi connectivity index (χ2n) is 4.88. The van der Waals surface area contributed by atoms with Crippen molar-refractivity contribution in [1.82, 2.24) is 4.98 Å². The van der Waals surface area contributed by atoms with E-state index in [1.165, 1.54) is 11.1 Å². The van der Waals surface area contributed by atoms with E-state index in [9.17, 15) is 0 Å². The van der Waals surface area contributed by atoms with E-state index in [2.05, 4.69) is 34.6 Å². The van der Waals surface area contributed by atoms with Crippen LogP contribution in [-0.4, -0.2) is 4.98 Å². The second-order valence-corrected chi connectivity index (χ2v) is 6.05. The average Bonchev–Trinajstić information content (AvgIpc) is 2.45. The third kappa shape index (κ3) is 2.73. The summed E-state index contributed by atoms with van der Waals surface area (Å²) in [4.78, 5) is 4.23. The summed E-state index contributed by atoms with van der Waals surface area (Å²) < 4.78 is 0. The van der Waals surface area contributed by atoms with Gasteiger partial charge in [0.25, 0.3) is 0 Å².